The summed E-state index contributed by atoms with van der Waals surface area (Å²) in [6.07, 6.45) is 1.58. The van der Waals surface area contributed by atoms with E-state index in [0.29, 0.717) is 39.3 Å². The second-order valence-electron chi connectivity index (χ2n) is 10.2. The lowest BCUT2D eigenvalue weighted by atomic mass is 10.0. The van der Waals surface area contributed by atoms with Crippen LogP contribution >= 0.6 is 0 Å². The number of aromatic nitrogens is 2. The zero-order valence-corrected chi connectivity index (χ0v) is 23.9. The van der Waals surface area contributed by atoms with Crippen molar-refractivity contribution in [2.45, 2.75) is 6.61 Å². The summed E-state index contributed by atoms with van der Waals surface area (Å²) >= 11 is 0. The Bertz CT molecular complexity index is 2320. The van der Waals surface area contributed by atoms with Crippen LogP contribution in [0.1, 0.15) is 11.1 Å². The van der Waals surface area contributed by atoms with Crippen molar-refractivity contribution in [1.82, 2.24) is 9.66 Å². The summed E-state index contributed by atoms with van der Waals surface area (Å²) in [4.78, 5) is 29.3. The molecule has 10 heteroatoms. The summed E-state index contributed by atoms with van der Waals surface area (Å²) in [7, 11) is 1.58. The molecule has 45 heavy (non-hydrogen) atoms. The van der Waals surface area contributed by atoms with E-state index in [2.05, 4.69) is 5.10 Å². The first-order chi connectivity index (χ1) is 22.0. The number of hydrogen-bond donors (Lipinski definition) is 0. The summed E-state index contributed by atoms with van der Waals surface area (Å²) in [5.41, 5.74) is 2.13. The molecule has 10 nitrogen and oxygen atoms in total. The molecule has 220 valence electrons. The molecule has 7 rings (SSSR count). The molecule has 2 heterocycles. The summed E-state index contributed by atoms with van der Waals surface area (Å²) in [6.45, 7) is 0.167. The monoisotopic (exact) mass is 596 g/mol. The van der Waals surface area contributed by atoms with Gasteiger partial charge < -0.3 is 13.9 Å². The van der Waals surface area contributed by atoms with Gasteiger partial charge in [0.05, 0.1) is 34.5 Å². The fourth-order valence-corrected chi connectivity index (χ4v) is 5.24. The lowest BCUT2D eigenvalue weighted by Gasteiger charge is -2.12. The van der Waals surface area contributed by atoms with Crippen molar-refractivity contribution in [2.75, 3.05) is 7.11 Å². The molecule has 0 saturated heterocycles. The van der Waals surface area contributed by atoms with E-state index in [1.54, 1.807) is 49.7 Å². The Morgan fingerprint density at radius 2 is 1.67 bits per heavy atom. The molecule has 0 atom stereocenters. The van der Waals surface area contributed by atoms with Gasteiger partial charge in [0.25, 0.3) is 11.2 Å². The maximum atomic E-state index is 13.9. The lowest BCUT2D eigenvalue weighted by molar-refractivity contribution is -0.384. The molecule has 0 aliphatic heterocycles. The Balaban J connectivity index is 1.35. The van der Waals surface area contributed by atoms with Crippen molar-refractivity contribution < 1.29 is 18.8 Å². The Hall–Kier alpha value is -6.29. The third kappa shape index (κ3) is 5.14. The topological polar surface area (TPSA) is 122 Å². The number of fused-ring (bicyclic) bond motifs is 3. The fraction of sp³-hybridized carbons (Fsp3) is 0.0571. The van der Waals surface area contributed by atoms with Crippen LogP contribution in [0.15, 0.2) is 124 Å². The minimum atomic E-state index is -0.442. The molecule has 0 N–H and O–H groups in total. The first-order valence-corrected chi connectivity index (χ1v) is 14.0. The van der Waals surface area contributed by atoms with Gasteiger partial charge in [0.15, 0.2) is 5.76 Å². The summed E-state index contributed by atoms with van der Waals surface area (Å²) < 4.78 is 19.1. The highest BCUT2D eigenvalue weighted by Gasteiger charge is 2.18. The second-order valence-corrected chi connectivity index (χ2v) is 10.2. The Labute approximate surface area is 255 Å². The Kier molecular flexibility index (Phi) is 6.99. The van der Waals surface area contributed by atoms with Crippen molar-refractivity contribution in [3.8, 4) is 23.1 Å². The normalized spacial score (nSPS) is 11.5. The average molecular weight is 597 g/mol. The summed E-state index contributed by atoms with van der Waals surface area (Å²) in [5, 5.41) is 18.7. The van der Waals surface area contributed by atoms with Crippen LogP contribution in [0.3, 0.4) is 0 Å². The molecule has 7 aromatic rings. The molecule has 5 aromatic carbocycles. The van der Waals surface area contributed by atoms with E-state index in [4.69, 9.17) is 18.9 Å². The SMILES string of the molecule is COc1cccc2oc(-c3nc4ccccc4c(=O)n3N=Cc3c(OCc4ccc([N+](=O)[O-])cc4)ccc4ccccc34)cc12. The third-order valence-corrected chi connectivity index (χ3v) is 7.49. The molecule has 0 fully saturated rings. The number of non-ortho nitro benzene ring substituents is 1. The number of nitro benzene ring substituents is 1. The average Bonchev–Trinajstić information content (AvgIpc) is 3.52. The van der Waals surface area contributed by atoms with E-state index in [-0.39, 0.29) is 23.7 Å². The van der Waals surface area contributed by atoms with Crippen molar-refractivity contribution in [2.24, 2.45) is 5.10 Å². The van der Waals surface area contributed by atoms with E-state index >= 15 is 0 Å². The molecule has 0 aliphatic rings. The lowest BCUT2D eigenvalue weighted by Crippen LogP contribution is -2.20. The molecule has 0 spiro atoms. The molecule has 0 aliphatic carbocycles. The third-order valence-electron chi connectivity index (χ3n) is 7.49. The van der Waals surface area contributed by atoms with Crippen molar-refractivity contribution in [1.29, 1.82) is 0 Å². The van der Waals surface area contributed by atoms with Gasteiger partial charge in [0, 0.05) is 17.7 Å². The predicted octanol–water partition coefficient (Wildman–Crippen LogP) is 7.34. The summed E-state index contributed by atoms with van der Waals surface area (Å²) in [6, 6.07) is 32.1. The van der Waals surface area contributed by atoms with Gasteiger partial charge in [-0.05, 0) is 64.9 Å². The Morgan fingerprint density at radius 3 is 2.47 bits per heavy atom. The smallest absolute Gasteiger partial charge is 0.282 e. The van der Waals surface area contributed by atoms with Gasteiger partial charge in [0.2, 0.25) is 5.82 Å². The first kappa shape index (κ1) is 27.5. The molecule has 0 radical (unpaired) electrons. The second kappa shape index (κ2) is 11.4. The highest BCUT2D eigenvalue weighted by molar-refractivity contribution is 6.02. The van der Waals surface area contributed by atoms with E-state index in [0.717, 1.165) is 21.7 Å². The highest BCUT2D eigenvalue weighted by Crippen LogP contribution is 2.33. The minimum Gasteiger partial charge on any atom is -0.496 e. The van der Waals surface area contributed by atoms with Gasteiger partial charge in [-0.2, -0.15) is 9.78 Å². The highest BCUT2D eigenvalue weighted by atomic mass is 16.6. The molecule has 0 amide bonds. The molecule has 0 saturated carbocycles. The number of methoxy groups -OCH3 is 1. The standard InChI is InChI=1S/C35H24N4O6/c1-43-30-11-6-12-32-27(30)19-33(45-32)34-37-29-10-5-4-9-26(29)35(40)38(34)36-20-28-25-8-3-2-7-23(25)15-18-31(28)44-21-22-13-16-24(17-14-22)39(41)42/h2-20H,21H2,1H3. The van der Waals surface area contributed by atoms with Gasteiger partial charge in [-0.1, -0.05) is 48.5 Å². The maximum Gasteiger partial charge on any atom is 0.282 e. The van der Waals surface area contributed by atoms with Crippen LogP contribution in [0, 0.1) is 10.1 Å². The molecular formula is C35H24N4O6. The van der Waals surface area contributed by atoms with Crippen LogP contribution in [-0.4, -0.2) is 27.9 Å². The molecule has 2 aromatic heterocycles. The van der Waals surface area contributed by atoms with Gasteiger partial charge in [-0.25, -0.2) is 4.98 Å². The number of ether oxygens (including phenoxy) is 2. The fourth-order valence-electron chi connectivity index (χ4n) is 5.24. The van der Waals surface area contributed by atoms with Gasteiger partial charge in [-0.15, -0.1) is 0 Å². The maximum absolute atomic E-state index is 13.9. The number of para-hydroxylation sites is 1. The number of rotatable bonds is 8. The van der Waals surface area contributed by atoms with Crippen molar-refractivity contribution in [3.05, 3.63) is 141 Å². The van der Waals surface area contributed by atoms with E-state index in [1.165, 1.54) is 16.8 Å². The zero-order chi connectivity index (χ0) is 30.9. The number of hydrogen-bond acceptors (Lipinski definition) is 8. The summed E-state index contributed by atoms with van der Waals surface area (Å²) in [5.74, 6) is 1.72. The van der Waals surface area contributed by atoms with Gasteiger partial charge in [-0.3, -0.25) is 14.9 Å². The minimum absolute atomic E-state index is 0.00501. The van der Waals surface area contributed by atoms with Gasteiger partial charge in [0.1, 0.15) is 23.7 Å². The number of nitrogens with zero attached hydrogens (tertiary/aromatic N) is 4. The Morgan fingerprint density at radius 1 is 0.889 bits per heavy atom. The first-order valence-electron chi connectivity index (χ1n) is 14.0. The van der Waals surface area contributed by atoms with Crippen LogP contribution in [0.25, 0.3) is 44.2 Å². The van der Waals surface area contributed by atoms with Crippen LogP contribution < -0.4 is 15.0 Å². The zero-order valence-electron chi connectivity index (χ0n) is 23.9. The number of benzene rings is 5. The van der Waals surface area contributed by atoms with Crippen molar-refractivity contribution >= 4 is 44.5 Å². The number of nitro groups is 1. The van der Waals surface area contributed by atoms with Crippen molar-refractivity contribution in [3.63, 3.8) is 0 Å². The van der Waals surface area contributed by atoms with Crippen LogP contribution in [-0.2, 0) is 6.61 Å². The largest absolute Gasteiger partial charge is 0.496 e. The van der Waals surface area contributed by atoms with Crippen LogP contribution in [0.2, 0.25) is 0 Å². The van der Waals surface area contributed by atoms with E-state index in [1.807, 2.05) is 60.7 Å². The molecular weight excluding hydrogens is 572 g/mol. The van der Waals surface area contributed by atoms with Crippen LogP contribution in [0.5, 0.6) is 11.5 Å². The van der Waals surface area contributed by atoms with Crippen LogP contribution in [0.4, 0.5) is 5.69 Å². The molecule has 0 bridgehead atoms. The number of furan rings is 1. The van der Waals surface area contributed by atoms with Gasteiger partial charge >= 0.3 is 0 Å². The van der Waals surface area contributed by atoms with E-state index in [9.17, 15) is 14.9 Å². The molecule has 0 unspecified atom stereocenters. The predicted molar refractivity (Wildman–Crippen MR) is 172 cm³/mol. The van der Waals surface area contributed by atoms with E-state index < -0.39 is 4.92 Å². The quantitative estimate of drug-likeness (QED) is 0.102.